The molecule has 0 saturated carbocycles. The van der Waals surface area contributed by atoms with Gasteiger partial charge in [-0.2, -0.15) is 5.10 Å². The summed E-state index contributed by atoms with van der Waals surface area (Å²) in [4.78, 5) is 10.7. The fourth-order valence-electron chi connectivity index (χ4n) is 1.65. The molecule has 0 aliphatic heterocycles. The lowest BCUT2D eigenvalue weighted by Crippen LogP contribution is -2.12. The summed E-state index contributed by atoms with van der Waals surface area (Å²) in [6, 6.07) is 13.6. The Morgan fingerprint density at radius 3 is 2.59 bits per heavy atom. The largest absolute Gasteiger partial charge is 0.488 e. The normalized spacial score (nSPS) is 10.7. The number of halogens is 2. The van der Waals surface area contributed by atoms with E-state index >= 15 is 0 Å². The SMILES string of the molecule is CC(=O)N/N=C\c1ccc(OCc2ccc(Br)cc2)c(Br)c1. The highest BCUT2D eigenvalue weighted by Crippen LogP contribution is 2.26. The monoisotopic (exact) mass is 424 g/mol. The van der Waals surface area contributed by atoms with Crippen LogP contribution in [0.3, 0.4) is 0 Å². The van der Waals surface area contributed by atoms with Crippen molar-refractivity contribution in [1.29, 1.82) is 0 Å². The van der Waals surface area contributed by atoms with E-state index < -0.39 is 0 Å². The first-order chi connectivity index (χ1) is 10.5. The number of nitrogens with one attached hydrogen (secondary N) is 1. The molecule has 0 atom stereocenters. The first-order valence-electron chi connectivity index (χ1n) is 6.51. The van der Waals surface area contributed by atoms with Gasteiger partial charge in [0, 0.05) is 11.4 Å². The Kier molecular flexibility index (Phi) is 6.15. The zero-order chi connectivity index (χ0) is 15.9. The molecule has 22 heavy (non-hydrogen) atoms. The number of rotatable bonds is 5. The third-order valence-corrected chi connectivity index (χ3v) is 3.85. The molecule has 0 aliphatic rings. The number of carbonyl (C=O) groups is 1. The summed E-state index contributed by atoms with van der Waals surface area (Å²) in [5.74, 6) is 0.546. The number of nitrogens with zero attached hydrogens (tertiary/aromatic N) is 1. The van der Waals surface area contributed by atoms with Gasteiger partial charge in [0.1, 0.15) is 12.4 Å². The first kappa shape index (κ1) is 16.7. The van der Waals surface area contributed by atoms with E-state index in [0.29, 0.717) is 6.61 Å². The highest BCUT2D eigenvalue weighted by atomic mass is 79.9. The standard InChI is InChI=1S/C16H14Br2N2O2/c1-11(21)20-19-9-13-4-7-16(15(18)8-13)22-10-12-2-5-14(17)6-3-12/h2-9H,10H2,1H3,(H,20,21)/b19-9-. The van der Waals surface area contributed by atoms with E-state index in [1.54, 1.807) is 6.21 Å². The number of ether oxygens (including phenoxy) is 1. The second kappa shape index (κ2) is 8.10. The predicted octanol–water partition coefficient (Wildman–Crippen LogP) is 4.26. The van der Waals surface area contributed by atoms with E-state index in [9.17, 15) is 4.79 Å². The van der Waals surface area contributed by atoms with E-state index in [4.69, 9.17) is 4.74 Å². The molecule has 0 aliphatic carbocycles. The van der Waals surface area contributed by atoms with Gasteiger partial charge in [-0.05, 0) is 57.4 Å². The van der Waals surface area contributed by atoms with Crippen LogP contribution < -0.4 is 10.2 Å². The molecule has 0 fully saturated rings. The van der Waals surface area contributed by atoms with Crippen LogP contribution >= 0.6 is 31.9 Å². The van der Waals surface area contributed by atoms with Crippen LogP contribution in [-0.2, 0) is 11.4 Å². The van der Waals surface area contributed by atoms with Crippen LogP contribution in [-0.4, -0.2) is 12.1 Å². The Morgan fingerprint density at radius 2 is 1.95 bits per heavy atom. The van der Waals surface area contributed by atoms with Crippen molar-refractivity contribution in [3.05, 3.63) is 62.5 Å². The second-order valence-electron chi connectivity index (χ2n) is 4.53. The van der Waals surface area contributed by atoms with Gasteiger partial charge >= 0.3 is 0 Å². The zero-order valence-corrected chi connectivity index (χ0v) is 15.0. The van der Waals surface area contributed by atoms with Gasteiger partial charge in [0.25, 0.3) is 0 Å². The maximum Gasteiger partial charge on any atom is 0.236 e. The minimum Gasteiger partial charge on any atom is -0.488 e. The Bertz CT molecular complexity index is 685. The third kappa shape index (κ3) is 5.27. The van der Waals surface area contributed by atoms with Crippen LogP contribution in [0, 0.1) is 0 Å². The average molecular weight is 426 g/mol. The third-order valence-electron chi connectivity index (χ3n) is 2.70. The number of benzene rings is 2. The van der Waals surface area contributed by atoms with Gasteiger partial charge in [-0.1, -0.05) is 28.1 Å². The molecular formula is C16H14Br2N2O2. The Labute approximate surface area is 145 Å². The molecule has 2 aromatic carbocycles. The summed E-state index contributed by atoms with van der Waals surface area (Å²) in [6.07, 6.45) is 1.57. The molecule has 0 saturated heterocycles. The van der Waals surface area contributed by atoms with Gasteiger partial charge in [-0.25, -0.2) is 5.43 Å². The van der Waals surface area contributed by atoms with Gasteiger partial charge in [0.15, 0.2) is 0 Å². The molecule has 0 bridgehead atoms. The summed E-state index contributed by atoms with van der Waals surface area (Å²) in [5.41, 5.74) is 4.31. The molecule has 0 unspecified atom stereocenters. The summed E-state index contributed by atoms with van der Waals surface area (Å²) in [7, 11) is 0. The molecule has 0 radical (unpaired) electrons. The van der Waals surface area contributed by atoms with Crippen molar-refractivity contribution in [3.8, 4) is 5.75 Å². The highest BCUT2D eigenvalue weighted by Gasteiger charge is 2.03. The Morgan fingerprint density at radius 1 is 1.23 bits per heavy atom. The van der Waals surface area contributed by atoms with Crippen molar-refractivity contribution in [1.82, 2.24) is 5.43 Å². The molecule has 4 nitrogen and oxygen atoms in total. The fourth-order valence-corrected chi connectivity index (χ4v) is 2.43. The molecular weight excluding hydrogens is 412 g/mol. The summed E-state index contributed by atoms with van der Waals surface area (Å²) >= 11 is 6.88. The van der Waals surface area contributed by atoms with E-state index in [2.05, 4.69) is 42.4 Å². The molecule has 114 valence electrons. The van der Waals surface area contributed by atoms with Crippen molar-refractivity contribution in [2.45, 2.75) is 13.5 Å². The van der Waals surface area contributed by atoms with Crippen molar-refractivity contribution < 1.29 is 9.53 Å². The van der Waals surface area contributed by atoms with Gasteiger partial charge in [-0.3, -0.25) is 4.79 Å². The maximum atomic E-state index is 10.7. The predicted molar refractivity (Wildman–Crippen MR) is 94.0 cm³/mol. The van der Waals surface area contributed by atoms with Crippen LogP contribution in [0.1, 0.15) is 18.1 Å². The first-order valence-corrected chi connectivity index (χ1v) is 8.09. The van der Waals surface area contributed by atoms with E-state index in [-0.39, 0.29) is 5.91 Å². The van der Waals surface area contributed by atoms with Crippen molar-refractivity contribution in [2.75, 3.05) is 0 Å². The van der Waals surface area contributed by atoms with E-state index in [0.717, 1.165) is 25.8 Å². The molecule has 0 aromatic heterocycles. The fraction of sp³-hybridized carbons (Fsp3) is 0.125. The van der Waals surface area contributed by atoms with Crippen LogP contribution in [0.4, 0.5) is 0 Å². The zero-order valence-electron chi connectivity index (χ0n) is 11.8. The lowest BCUT2D eigenvalue weighted by molar-refractivity contribution is -0.118. The number of hydrazone groups is 1. The van der Waals surface area contributed by atoms with Crippen LogP contribution in [0.15, 0.2) is 56.5 Å². The molecule has 1 N–H and O–H groups in total. The number of hydrogen-bond acceptors (Lipinski definition) is 3. The Balaban J connectivity index is 1.98. The molecule has 2 rings (SSSR count). The highest BCUT2D eigenvalue weighted by molar-refractivity contribution is 9.10. The minimum atomic E-state index is -0.204. The van der Waals surface area contributed by atoms with Crippen molar-refractivity contribution >= 4 is 44.0 Å². The molecule has 0 spiro atoms. The lowest BCUT2D eigenvalue weighted by Gasteiger charge is -2.09. The number of amides is 1. The lowest BCUT2D eigenvalue weighted by atomic mass is 10.2. The Hall–Kier alpha value is -1.66. The number of carbonyl (C=O) groups excluding carboxylic acids is 1. The van der Waals surface area contributed by atoms with Gasteiger partial charge in [0.05, 0.1) is 10.7 Å². The quantitative estimate of drug-likeness (QED) is 0.574. The topological polar surface area (TPSA) is 50.7 Å². The maximum absolute atomic E-state index is 10.7. The molecule has 1 amide bonds. The number of hydrogen-bond donors (Lipinski definition) is 1. The molecule has 6 heteroatoms. The van der Waals surface area contributed by atoms with Gasteiger partial charge in [-0.15, -0.1) is 0 Å². The molecule has 0 heterocycles. The summed E-state index contributed by atoms with van der Waals surface area (Å²) in [6.45, 7) is 1.90. The van der Waals surface area contributed by atoms with Crippen molar-refractivity contribution in [3.63, 3.8) is 0 Å². The van der Waals surface area contributed by atoms with Crippen LogP contribution in [0.2, 0.25) is 0 Å². The second-order valence-corrected chi connectivity index (χ2v) is 6.30. The summed E-state index contributed by atoms with van der Waals surface area (Å²) in [5, 5.41) is 3.82. The van der Waals surface area contributed by atoms with E-state index in [1.165, 1.54) is 6.92 Å². The van der Waals surface area contributed by atoms with Gasteiger partial charge < -0.3 is 4.74 Å². The van der Waals surface area contributed by atoms with Crippen LogP contribution in [0.5, 0.6) is 5.75 Å². The minimum absolute atomic E-state index is 0.204. The summed E-state index contributed by atoms with van der Waals surface area (Å²) < 4.78 is 7.66. The smallest absolute Gasteiger partial charge is 0.236 e. The average Bonchev–Trinajstić information content (AvgIpc) is 2.48. The van der Waals surface area contributed by atoms with Crippen LogP contribution in [0.25, 0.3) is 0 Å². The van der Waals surface area contributed by atoms with Crippen molar-refractivity contribution in [2.24, 2.45) is 5.10 Å². The molecule has 2 aromatic rings. The van der Waals surface area contributed by atoms with Gasteiger partial charge in [0.2, 0.25) is 5.91 Å². The van der Waals surface area contributed by atoms with E-state index in [1.807, 2.05) is 42.5 Å².